The van der Waals surface area contributed by atoms with Gasteiger partial charge in [0.2, 0.25) is 11.8 Å². The molecule has 0 bridgehead atoms. The summed E-state index contributed by atoms with van der Waals surface area (Å²) in [6, 6.07) is 21.8. The van der Waals surface area contributed by atoms with E-state index < -0.39 is 0 Å². The number of fused-ring (bicyclic) bond motifs is 2. The fraction of sp³-hybridized carbons (Fsp3) is 0.125. The van der Waals surface area contributed by atoms with E-state index >= 15 is 0 Å². The number of aryl methyl sites for hydroxylation is 1. The van der Waals surface area contributed by atoms with Crippen LogP contribution in [0.2, 0.25) is 0 Å². The molecule has 0 saturated heterocycles. The Balaban J connectivity index is 1.48. The Morgan fingerprint density at radius 1 is 0.967 bits per heavy atom. The molecular weight excluding hydrogens is 376 g/mol. The van der Waals surface area contributed by atoms with Gasteiger partial charge in [0.1, 0.15) is 0 Å². The summed E-state index contributed by atoms with van der Waals surface area (Å²) in [5.41, 5.74) is 10.7. The van der Waals surface area contributed by atoms with Crippen LogP contribution < -0.4 is 11.2 Å². The zero-order chi connectivity index (χ0) is 20.9. The van der Waals surface area contributed by atoms with Crippen molar-refractivity contribution in [1.29, 1.82) is 0 Å². The second-order valence-electron chi connectivity index (χ2n) is 7.12. The monoisotopic (exact) mass is 398 g/mol. The van der Waals surface area contributed by atoms with Crippen molar-refractivity contribution in [2.45, 2.75) is 19.4 Å². The molecule has 6 heteroatoms. The predicted octanol–water partition coefficient (Wildman–Crippen LogP) is 3.36. The van der Waals surface area contributed by atoms with Gasteiger partial charge in [-0.05, 0) is 22.4 Å². The highest BCUT2D eigenvalue weighted by atomic mass is 16.2. The highest BCUT2D eigenvalue weighted by Crippen LogP contribution is 2.21. The lowest BCUT2D eigenvalue weighted by molar-refractivity contribution is -0.120. The van der Waals surface area contributed by atoms with E-state index in [9.17, 15) is 9.59 Å². The van der Waals surface area contributed by atoms with Crippen molar-refractivity contribution in [3.63, 3.8) is 0 Å². The number of hydrogen-bond donors (Lipinski definition) is 2. The molecule has 1 heterocycles. The van der Waals surface area contributed by atoms with E-state index in [4.69, 9.17) is 5.73 Å². The molecular formula is C24H22N4O2. The first-order valence-corrected chi connectivity index (χ1v) is 9.76. The van der Waals surface area contributed by atoms with Crippen LogP contribution in [0.4, 0.5) is 0 Å². The summed E-state index contributed by atoms with van der Waals surface area (Å²) >= 11 is 0. The van der Waals surface area contributed by atoms with Crippen LogP contribution in [-0.4, -0.2) is 22.6 Å². The quantitative estimate of drug-likeness (QED) is 0.369. The lowest BCUT2D eigenvalue weighted by Crippen LogP contribution is -2.19. The summed E-state index contributed by atoms with van der Waals surface area (Å²) in [7, 11) is 0. The first-order chi connectivity index (χ1) is 14.6. The van der Waals surface area contributed by atoms with Crippen LogP contribution in [0.3, 0.4) is 0 Å². The molecule has 30 heavy (non-hydrogen) atoms. The van der Waals surface area contributed by atoms with Gasteiger partial charge in [0, 0.05) is 35.6 Å². The summed E-state index contributed by atoms with van der Waals surface area (Å²) in [6.07, 6.45) is 4.05. The van der Waals surface area contributed by atoms with Crippen LogP contribution in [0.15, 0.2) is 78.0 Å². The molecule has 0 aliphatic carbocycles. The lowest BCUT2D eigenvalue weighted by atomic mass is 10.0. The number of nitrogens with zero attached hydrogens (tertiary/aromatic N) is 2. The molecule has 0 saturated carbocycles. The van der Waals surface area contributed by atoms with Gasteiger partial charge < -0.3 is 10.3 Å². The molecule has 3 N–H and O–H groups in total. The number of hydrogen-bond acceptors (Lipinski definition) is 3. The Hall–Kier alpha value is -3.93. The summed E-state index contributed by atoms with van der Waals surface area (Å²) in [6.45, 7) is 0.497. The summed E-state index contributed by atoms with van der Waals surface area (Å²) in [5.74, 6) is -0.524. The predicted molar refractivity (Wildman–Crippen MR) is 119 cm³/mol. The standard InChI is InChI=1S/C24H22N4O2/c25-23(29)12-13-28-16-19(21-10-3-4-11-22(21)28)15-26-27-24(30)14-18-8-5-7-17-6-1-2-9-20(17)18/h1-11,15-16H,12-14H2,(H2,25,29)(H,27,30)/b26-15-. The number of para-hydroxylation sites is 1. The molecule has 4 aromatic rings. The first-order valence-electron chi connectivity index (χ1n) is 9.76. The van der Waals surface area contributed by atoms with Crippen LogP contribution in [0.1, 0.15) is 17.5 Å². The van der Waals surface area contributed by atoms with Crippen LogP contribution in [0.25, 0.3) is 21.7 Å². The maximum Gasteiger partial charge on any atom is 0.244 e. The molecule has 0 unspecified atom stereocenters. The van der Waals surface area contributed by atoms with Gasteiger partial charge in [-0.15, -0.1) is 0 Å². The number of nitrogens with one attached hydrogen (secondary N) is 1. The van der Waals surface area contributed by atoms with Crippen molar-refractivity contribution < 1.29 is 9.59 Å². The smallest absolute Gasteiger partial charge is 0.244 e. The van der Waals surface area contributed by atoms with E-state index in [0.29, 0.717) is 6.54 Å². The second-order valence-corrected chi connectivity index (χ2v) is 7.12. The number of benzene rings is 3. The Bertz CT molecular complexity index is 1250. The van der Waals surface area contributed by atoms with Crippen LogP contribution in [0, 0.1) is 0 Å². The third-order valence-corrected chi connectivity index (χ3v) is 5.04. The average Bonchev–Trinajstić information content (AvgIpc) is 3.10. The summed E-state index contributed by atoms with van der Waals surface area (Å²) in [4.78, 5) is 23.5. The van der Waals surface area contributed by atoms with Gasteiger partial charge >= 0.3 is 0 Å². The summed E-state index contributed by atoms with van der Waals surface area (Å²) in [5, 5.41) is 7.31. The molecule has 6 nitrogen and oxygen atoms in total. The first kappa shape index (κ1) is 19.4. The van der Waals surface area contributed by atoms with E-state index in [2.05, 4.69) is 10.5 Å². The SMILES string of the molecule is NC(=O)CCn1cc(/C=N\NC(=O)Cc2cccc3ccccc23)c2ccccc21. The molecule has 0 atom stereocenters. The van der Waals surface area contributed by atoms with Crippen LogP contribution in [0.5, 0.6) is 0 Å². The zero-order valence-corrected chi connectivity index (χ0v) is 16.4. The van der Waals surface area contributed by atoms with Gasteiger partial charge in [-0.1, -0.05) is 60.7 Å². The Labute approximate surface area is 174 Å². The van der Waals surface area contributed by atoms with Gasteiger partial charge in [0.15, 0.2) is 0 Å². The third-order valence-electron chi connectivity index (χ3n) is 5.04. The van der Waals surface area contributed by atoms with Gasteiger partial charge in [0.25, 0.3) is 0 Å². The number of carbonyl (C=O) groups is 2. The zero-order valence-electron chi connectivity index (χ0n) is 16.4. The van der Waals surface area contributed by atoms with Crippen molar-refractivity contribution in [3.05, 3.63) is 84.1 Å². The maximum absolute atomic E-state index is 12.4. The minimum atomic E-state index is -0.344. The third kappa shape index (κ3) is 4.22. The number of primary amides is 1. The van der Waals surface area contributed by atoms with Gasteiger partial charge in [-0.2, -0.15) is 5.10 Å². The molecule has 0 aliphatic rings. The molecule has 0 spiro atoms. The minimum absolute atomic E-state index is 0.180. The van der Waals surface area contributed by atoms with E-state index in [1.165, 1.54) is 0 Å². The number of rotatable bonds is 7. The van der Waals surface area contributed by atoms with E-state index in [1.54, 1.807) is 6.21 Å². The average molecular weight is 398 g/mol. The Kier molecular flexibility index (Phi) is 5.57. The topological polar surface area (TPSA) is 89.5 Å². The van der Waals surface area contributed by atoms with Crippen molar-refractivity contribution in [1.82, 2.24) is 9.99 Å². The minimum Gasteiger partial charge on any atom is -0.370 e. The van der Waals surface area contributed by atoms with E-state index in [-0.39, 0.29) is 24.7 Å². The van der Waals surface area contributed by atoms with Crippen molar-refractivity contribution >= 4 is 39.7 Å². The van der Waals surface area contributed by atoms with Crippen molar-refractivity contribution in [2.75, 3.05) is 0 Å². The number of hydrazone groups is 1. The van der Waals surface area contributed by atoms with Gasteiger partial charge in [-0.3, -0.25) is 9.59 Å². The highest BCUT2D eigenvalue weighted by molar-refractivity contribution is 6.00. The fourth-order valence-corrected chi connectivity index (χ4v) is 3.63. The fourth-order valence-electron chi connectivity index (χ4n) is 3.63. The molecule has 3 aromatic carbocycles. The van der Waals surface area contributed by atoms with Crippen molar-refractivity contribution in [3.8, 4) is 0 Å². The lowest BCUT2D eigenvalue weighted by Gasteiger charge is -2.05. The number of carbonyl (C=O) groups excluding carboxylic acids is 2. The van der Waals surface area contributed by atoms with Crippen LogP contribution >= 0.6 is 0 Å². The maximum atomic E-state index is 12.4. The van der Waals surface area contributed by atoms with Crippen LogP contribution in [-0.2, 0) is 22.6 Å². The number of amides is 2. The Morgan fingerprint density at radius 2 is 1.70 bits per heavy atom. The summed E-state index contributed by atoms with van der Waals surface area (Å²) < 4.78 is 1.97. The van der Waals surface area contributed by atoms with Crippen molar-refractivity contribution in [2.24, 2.45) is 10.8 Å². The van der Waals surface area contributed by atoms with E-state index in [0.717, 1.165) is 32.8 Å². The Morgan fingerprint density at radius 3 is 2.53 bits per heavy atom. The number of aromatic nitrogens is 1. The molecule has 2 amide bonds. The number of nitrogens with two attached hydrogens (primary N) is 1. The molecule has 0 radical (unpaired) electrons. The normalized spacial score (nSPS) is 11.3. The van der Waals surface area contributed by atoms with Gasteiger partial charge in [-0.25, -0.2) is 5.43 Å². The molecule has 4 rings (SSSR count). The molecule has 0 aliphatic heterocycles. The van der Waals surface area contributed by atoms with E-state index in [1.807, 2.05) is 77.5 Å². The molecule has 1 aromatic heterocycles. The highest BCUT2D eigenvalue weighted by Gasteiger charge is 2.09. The molecule has 0 fully saturated rings. The largest absolute Gasteiger partial charge is 0.370 e. The van der Waals surface area contributed by atoms with Gasteiger partial charge in [0.05, 0.1) is 12.6 Å². The second kappa shape index (κ2) is 8.61. The molecule has 150 valence electrons.